The van der Waals surface area contributed by atoms with E-state index in [2.05, 4.69) is 15.1 Å². The zero-order chi connectivity index (χ0) is 56.5. The van der Waals surface area contributed by atoms with Crippen molar-refractivity contribution in [1.82, 2.24) is 33.6 Å². The molecule has 1 amide bonds. The van der Waals surface area contributed by atoms with E-state index in [1.165, 1.54) is 16.7 Å². The zero-order valence-corrected chi connectivity index (χ0v) is 46.1. The number of hydrogen-bond acceptors (Lipinski definition) is 13. The van der Waals surface area contributed by atoms with Gasteiger partial charge in [-0.15, -0.1) is 0 Å². The third-order valence-corrected chi connectivity index (χ3v) is 14.1. The van der Waals surface area contributed by atoms with Gasteiger partial charge in [0.2, 0.25) is 11.9 Å². The average molecular weight is 1130 g/mol. The quantitative estimate of drug-likeness (QED) is 0.0875. The van der Waals surface area contributed by atoms with Crippen molar-refractivity contribution in [2.24, 2.45) is 19.8 Å². The number of aromatic nitrogens is 6. The standard InChI is InChI=1S/C29H32ClN5O5.C24H24ClN5O3.CH4O3S/c1-29(2,3)40-28(39)31-19-9-7-13-34(16-19)27-32-23-20-14-17(26(37)38)11-12-22(20)33(4)25(36)24(23)35(27)15-18-8-5-6-10-21(18)30;1-28-19-9-8-14(23(32)33)11-17(19)20-21(22(28)31)30(12-15-5-2-3-7-18(15)25)24(27-20)29-10-4-6-16(26)13-29;1-5(2,3)4/h5-6,8,10-12,14,19H,7,9,13,15-16H2,1-4H3,(H,31,39)(H,37,38);2-3,5,7-9,11,16H,4,6,10,12-13,26H2,1H3,(H,32,33);1H3,(H,2,3,4)/t19-;16-;/m11./s1. The van der Waals surface area contributed by atoms with Gasteiger partial charge in [0.15, 0.2) is 0 Å². The highest BCUT2D eigenvalue weighted by molar-refractivity contribution is 7.85. The number of benzene rings is 4. The second-order valence-corrected chi connectivity index (χ2v) is 22.7. The van der Waals surface area contributed by atoms with Gasteiger partial charge in [-0.25, -0.2) is 24.4 Å². The number of carbonyl (C=O) groups is 3. The first-order valence-electron chi connectivity index (χ1n) is 24.9. The molecule has 0 saturated carbocycles. The number of rotatable bonds is 9. The predicted octanol–water partition coefficient (Wildman–Crippen LogP) is 7.50. The normalized spacial score (nSPS) is 15.9. The van der Waals surface area contributed by atoms with Crippen LogP contribution in [0.1, 0.15) is 78.3 Å². The minimum absolute atomic E-state index is 0.0190. The van der Waals surface area contributed by atoms with E-state index in [1.807, 2.05) is 72.4 Å². The Bertz CT molecular complexity index is 3880. The monoisotopic (exact) mass is 1130 g/mol. The van der Waals surface area contributed by atoms with Gasteiger partial charge >= 0.3 is 18.0 Å². The minimum atomic E-state index is -3.67. The number of nitrogens with two attached hydrogens (primary N) is 1. The van der Waals surface area contributed by atoms with Crippen LogP contribution in [0, 0.1) is 0 Å². The number of aryl methyl sites for hydroxylation is 2. The molecule has 2 aliphatic rings. The molecular formula is C54H60Cl2N10O11S. The van der Waals surface area contributed by atoms with Gasteiger partial charge < -0.3 is 54.1 Å². The Kier molecular flexibility index (Phi) is 16.6. The van der Waals surface area contributed by atoms with Crippen molar-refractivity contribution in [2.75, 3.05) is 42.2 Å². The van der Waals surface area contributed by atoms with Gasteiger partial charge in [0.25, 0.3) is 21.2 Å². The number of pyridine rings is 2. The Balaban J connectivity index is 0.000000192. The fourth-order valence-electron chi connectivity index (χ4n) is 9.85. The highest BCUT2D eigenvalue weighted by Crippen LogP contribution is 2.33. The van der Waals surface area contributed by atoms with E-state index < -0.39 is 33.8 Å². The summed E-state index contributed by atoms with van der Waals surface area (Å²) in [5.41, 5.74) is 10.00. The van der Waals surface area contributed by atoms with Crippen molar-refractivity contribution in [2.45, 2.75) is 77.2 Å². The highest BCUT2D eigenvalue weighted by atomic mass is 35.5. The number of nitrogens with one attached hydrogen (secondary N) is 1. The number of alkyl carbamates (subject to hydrolysis) is 1. The van der Waals surface area contributed by atoms with Crippen molar-refractivity contribution >= 4 is 107 Å². The highest BCUT2D eigenvalue weighted by Gasteiger charge is 2.30. The van der Waals surface area contributed by atoms with Crippen LogP contribution in [0.15, 0.2) is 94.5 Å². The van der Waals surface area contributed by atoms with E-state index in [9.17, 15) is 42.6 Å². The van der Waals surface area contributed by atoms with Crippen LogP contribution in [0.3, 0.4) is 0 Å². The van der Waals surface area contributed by atoms with Crippen LogP contribution in [0.25, 0.3) is 43.9 Å². The molecule has 6 N–H and O–H groups in total. The molecule has 10 rings (SSSR count). The van der Waals surface area contributed by atoms with Gasteiger partial charge in [-0.05, 0) is 106 Å². The number of anilines is 2. The third kappa shape index (κ3) is 12.6. The summed E-state index contributed by atoms with van der Waals surface area (Å²) in [5, 5.41) is 24.5. The van der Waals surface area contributed by atoms with Crippen molar-refractivity contribution in [3.63, 3.8) is 0 Å². The van der Waals surface area contributed by atoms with Crippen LogP contribution in [0.2, 0.25) is 10.0 Å². The summed E-state index contributed by atoms with van der Waals surface area (Å²) in [4.78, 5) is 77.2. The predicted molar refractivity (Wildman–Crippen MR) is 301 cm³/mol. The van der Waals surface area contributed by atoms with E-state index in [-0.39, 0.29) is 40.9 Å². The summed E-state index contributed by atoms with van der Waals surface area (Å²) in [6.07, 6.45) is 3.66. The molecule has 2 aliphatic heterocycles. The summed E-state index contributed by atoms with van der Waals surface area (Å²) >= 11 is 13.0. The summed E-state index contributed by atoms with van der Waals surface area (Å²) in [7, 11) is -0.313. The number of carboxylic acids is 2. The van der Waals surface area contributed by atoms with Gasteiger partial charge in [-0.1, -0.05) is 59.6 Å². The molecule has 0 bridgehead atoms. The lowest BCUT2D eigenvalue weighted by Gasteiger charge is -2.34. The topological polar surface area (TPSA) is 279 Å². The molecular weight excluding hydrogens is 1070 g/mol. The van der Waals surface area contributed by atoms with Crippen molar-refractivity contribution in [1.29, 1.82) is 0 Å². The van der Waals surface area contributed by atoms with Crippen molar-refractivity contribution < 1.29 is 42.3 Å². The molecule has 4 aromatic carbocycles. The first-order valence-corrected chi connectivity index (χ1v) is 27.5. The smallest absolute Gasteiger partial charge is 0.407 e. The Labute approximate surface area is 458 Å². The molecule has 24 heteroatoms. The maximum absolute atomic E-state index is 13.8. The lowest BCUT2D eigenvalue weighted by atomic mass is 10.1. The Hall–Kier alpha value is -7.50. The van der Waals surface area contributed by atoms with Gasteiger partial charge in [0, 0.05) is 73.2 Å². The molecule has 6 heterocycles. The summed E-state index contributed by atoms with van der Waals surface area (Å²) < 4.78 is 38.1. The SMILES string of the molecule is CS(=O)(=O)O.Cn1c(=O)c2c(nc(N3CCC[C@@H](N)C3)n2Cc2ccccc2Cl)c2cc(C(=O)O)ccc21.Cn1c(=O)c2c(nc(N3CCC[C@@H](NC(=O)OC(C)(C)C)C3)n2Cc2ccccc2Cl)c2cc(C(=O)O)ccc21. The molecule has 412 valence electrons. The van der Waals surface area contributed by atoms with E-state index in [4.69, 9.17) is 48.2 Å². The third-order valence-electron chi connectivity index (χ3n) is 13.4. The lowest BCUT2D eigenvalue weighted by molar-refractivity contribution is 0.0498. The van der Waals surface area contributed by atoms with E-state index in [1.54, 1.807) is 49.0 Å². The summed E-state index contributed by atoms with van der Waals surface area (Å²) in [6, 6.07) is 24.2. The number of carboxylic acid groups (broad SMARTS) is 2. The van der Waals surface area contributed by atoms with Gasteiger partial charge in [-0.2, -0.15) is 8.42 Å². The van der Waals surface area contributed by atoms with Gasteiger partial charge in [-0.3, -0.25) is 14.1 Å². The summed E-state index contributed by atoms with van der Waals surface area (Å²) in [6.45, 7) is 8.62. The molecule has 8 aromatic rings. The molecule has 0 spiro atoms. The largest absolute Gasteiger partial charge is 0.478 e. The molecule has 0 aliphatic carbocycles. The second-order valence-electron chi connectivity index (χ2n) is 20.4. The fourth-order valence-corrected chi connectivity index (χ4v) is 10.2. The molecule has 2 fully saturated rings. The molecule has 0 radical (unpaired) electrons. The number of ether oxygens (including phenoxy) is 1. The Morgan fingerprint density at radius 2 is 1.14 bits per heavy atom. The first-order chi connectivity index (χ1) is 36.8. The summed E-state index contributed by atoms with van der Waals surface area (Å²) in [5.74, 6) is -0.898. The molecule has 2 saturated heterocycles. The molecule has 78 heavy (non-hydrogen) atoms. The number of amides is 1. The lowest BCUT2D eigenvalue weighted by Crippen LogP contribution is -2.49. The van der Waals surface area contributed by atoms with Crippen molar-refractivity contribution in [3.05, 3.63) is 138 Å². The zero-order valence-electron chi connectivity index (χ0n) is 43.7. The van der Waals surface area contributed by atoms with Crippen molar-refractivity contribution in [3.8, 4) is 0 Å². The molecule has 21 nitrogen and oxygen atoms in total. The number of nitrogens with zero attached hydrogens (tertiary/aromatic N) is 8. The van der Waals surface area contributed by atoms with Crippen LogP contribution in [-0.4, -0.2) is 120 Å². The Morgan fingerprint density at radius 3 is 1.55 bits per heavy atom. The van der Waals surface area contributed by atoms with E-state index >= 15 is 0 Å². The minimum Gasteiger partial charge on any atom is -0.478 e. The van der Waals surface area contributed by atoms with Crippen LogP contribution in [0.4, 0.5) is 16.7 Å². The fraction of sp³-hybridized carbons (Fsp3) is 0.352. The van der Waals surface area contributed by atoms with Crippen LogP contribution in [-0.2, 0) is 42.0 Å². The number of carbonyl (C=O) groups excluding carboxylic acids is 1. The number of imidazole rings is 2. The van der Waals surface area contributed by atoms with Gasteiger partial charge in [0.1, 0.15) is 27.7 Å². The second kappa shape index (κ2) is 22.8. The first kappa shape index (κ1) is 56.7. The van der Waals surface area contributed by atoms with Crippen LogP contribution >= 0.6 is 23.2 Å². The van der Waals surface area contributed by atoms with Crippen LogP contribution < -0.4 is 32.0 Å². The van der Waals surface area contributed by atoms with Gasteiger partial charge in [0.05, 0.1) is 41.5 Å². The van der Waals surface area contributed by atoms with E-state index in [0.717, 1.165) is 43.4 Å². The average Bonchev–Trinajstić information content (AvgIpc) is 4.13. The number of halogens is 2. The number of fused-ring (bicyclic) bond motifs is 6. The molecule has 4 aromatic heterocycles. The van der Waals surface area contributed by atoms with E-state index in [0.29, 0.717) is 98.2 Å². The molecule has 2 atom stereocenters. The van der Waals surface area contributed by atoms with Crippen LogP contribution in [0.5, 0.6) is 0 Å². The number of hydrogen-bond donors (Lipinski definition) is 5. The molecule has 0 unspecified atom stereocenters. The number of aromatic carboxylic acids is 2. The Morgan fingerprint density at radius 1 is 0.718 bits per heavy atom. The number of piperidine rings is 2. The maximum Gasteiger partial charge on any atom is 0.407 e. The maximum atomic E-state index is 13.8.